The van der Waals surface area contributed by atoms with Crippen molar-refractivity contribution in [1.82, 2.24) is 5.32 Å². The third-order valence-corrected chi connectivity index (χ3v) is 5.37. The normalized spacial score (nSPS) is 17.4. The van der Waals surface area contributed by atoms with Crippen LogP contribution in [0.15, 0.2) is 17.0 Å². The lowest BCUT2D eigenvalue weighted by Crippen LogP contribution is -2.51. The standard InChI is InChI=1S/C14H18ClNO3S/c1-9-7-11(20(15,18)19)8-12(10(9)2)13(17)16-14(3)5-4-6-14/h7-8H,4-6H2,1-3H3,(H,16,17). The van der Waals surface area contributed by atoms with Gasteiger partial charge in [-0.15, -0.1) is 0 Å². The average molecular weight is 316 g/mol. The summed E-state index contributed by atoms with van der Waals surface area (Å²) in [7, 11) is 1.53. The van der Waals surface area contributed by atoms with Gasteiger partial charge < -0.3 is 5.32 Å². The summed E-state index contributed by atoms with van der Waals surface area (Å²) in [5.74, 6) is -0.241. The lowest BCUT2D eigenvalue weighted by molar-refractivity contribution is 0.0849. The van der Waals surface area contributed by atoms with Gasteiger partial charge in [0.2, 0.25) is 0 Å². The summed E-state index contributed by atoms with van der Waals surface area (Å²) in [6.07, 6.45) is 3.00. The van der Waals surface area contributed by atoms with Crippen molar-refractivity contribution in [2.24, 2.45) is 0 Å². The molecular formula is C14H18ClNO3S. The Morgan fingerprint density at radius 3 is 2.35 bits per heavy atom. The molecule has 2 rings (SSSR count). The third kappa shape index (κ3) is 2.99. The maximum absolute atomic E-state index is 12.4. The number of halogens is 1. The van der Waals surface area contributed by atoms with Crippen LogP contribution in [0.4, 0.5) is 0 Å². The van der Waals surface area contributed by atoms with E-state index in [1.54, 1.807) is 13.8 Å². The molecule has 0 atom stereocenters. The van der Waals surface area contributed by atoms with E-state index in [1.165, 1.54) is 12.1 Å². The zero-order chi connectivity index (χ0) is 15.1. The average Bonchev–Trinajstić information content (AvgIpc) is 2.28. The Labute approximate surface area is 123 Å². The Morgan fingerprint density at radius 2 is 1.90 bits per heavy atom. The molecule has 20 heavy (non-hydrogen) atoms. The number of nitrogens with one attached hydrogen (secondary N) is 1. The molecule has 110 valence electrons. The van der Waals surface area contributed by atoms with E-state index in [2.05, 4.69) is 5.32 Å². The van der Waals surface area contributed by atoms with Crippen LogP contribution in [0, 0.1) is 13.8 Å². The van der Waals surface area contributed by atoms with Gasteiger partial charge in [0.25, 0.3) is 15.0 Å². The lowest BCUT2D eigenvalue weighted by atomic mass is 9.78. The number of carbonyl (C=O) groups excluding carboxylic acids is 1. The maximum atomic E-state index is 12.4. The van der Waals surface area contributed by atoms with E-state index in [-0.39, 0.29) is 16.3 Å². The molecule has 1 aromatic carbocycles. The number of carbonyl (C=O) groups is 1. The molecule has 1 aliphatic carbocycles. The van der Waals surface area contributed by atoms with Crippen molar-refractivity contribution in [3.8, 4) is 0 Å². The van der Waals surface area contributed by atoms with Gasteiger partial charge in [0.1, 0.15) is 0 Å². The predicted molar refractivity (Wildman–Crippen MR) is 78.7 cm³/mol. The van der Waals surface area contributed by atoms with Gasteiger partial charge >= 0.3 is 0 Å². The summed E-state index contributed by atoms with van der Waals surface area (Å²) in [5, 5.41) is 2.98. The second-order valence-corrected chi connectivity index (χ2v) is 8.28. The molecule has 0 spiro atoms. The topological polar surface area (TPSA) is 63.2 Å². The second kappa shape index (κ2) is 5.04. The smallest absolute Gasteiger partial charge is 0.261 e. The van der Waals surface area contributed by atoms with E-state index in [4.69, 9.17) is 10.7 Å². The Morgan fingerprint density at radius 1 is 1.30 bits per heavy atom. The second-order valence-electron chi connectivity index (χ2n) is 5.72. The number of hydrogen-bond acceptors (Lipinski definition) is 3. The van der Waals surface area contributed by atoms with E-state index < -0.39 is 9.05 Å². The van der Waals surface area contributed by atoms with Crippen LogP contribution in [-0.2, 0) is 9.05 Å². The maximum Gasteiger partial charge on any atom is 0.261 e. The van der Waals surface area contributed by atoms with E-state index in [9.17, 15) is 13.2 Å². The van der Waals surface area contributed by atoms with Gasteiger partial charge in [0.05, 0.1) is 4.90 Å². The molecule has 1 aromatic rings. The Kier molecular flexibility index (Phi) is 3.86. The predicted octanol–water partition coefficient (Wildman–Crippen LogP) is 2.90. The SMILES string of the molecule is Cc1cc(S(=O)(=O)Cl)cc(C(=O)NC2(C)CCC2)c1C. The Balaban J connectivity index is 2.40. The van der Waals surface area contributed by atoms with Crippen molar-refractivity contribution < 1.29 is 13.2 Å². The summed E-state index contributed by atoms with van der Waals surface area (Å²) >= 11 is 0. The molecule has 0 aliphatic heterocycles. The highest BCUT2D eigenvalue weighted by atomic mass is 35.7. The van der Waals surface area contributed by atoms with E-state index in [0.717, 1.165) is 30.4 Å². The molecule has 4 nitrogen and oxygen atoms in total. The zero-order valence-electron chi connectivity index (χ0n) is 11.8. The molecule has 6 heteroatoms. The number of rotatable bonds is 3. The van der Waals surface area contributed by atoms with Crippen LogP contribution < -0.4 is 5.32 Å². The minimum atomic E-state index is -3.84. The Bertz CT molecular complexity index is 663. The van der Waals surface area contributed by atoms with Gasteiger partial charge in [-0.05, 0) is 63.3 Å². The van der Waals surface area contributed by atoms with Gasteiger partial charge in [-0.1, -0.05) is 0 Å². The van der Waals surface area contributed by atoms with Crippen LogP contribution in [0.3, 0.4) is 0 Å². The molecule has 0 unspecified atom stereocenters. The first-order valence-electron chi connectivity index (χ1n) is 6.51. The molecule has 1 N–H and O–H groups in total. The summed E-state index contributed by atoms with van der Waals surface area (Å²) in [6.45, 7) is 5.57. The fourth-order valence-electron chi connectivity index (χ4n) is 2.38. The van der Waals surface area contributed by atoms with Crippen LogP contribution in [0.25, 0.3) is 0 Å². The highest BCUT2D eigenvalue weighted by Gasteiger charge is 2.34. The molecule has 0 bridgehead atoms. The van der Waals surface area contributed by atoms with Crippen LogP contribution >= 0.6 is 10.7 Å². The van der Waals surface area contributed by atoms with Gasteiger partial charge in [0, 0.05) is 21.8 Å². The number of aryl methyl sites for hydroxylation is 1. The van der Waals surface area contributed by atoms with Crippen molar-refractivity contribution in [2.45, 2.75) is 50.5 Å². The quantitative estimate of drug-likeness (QED) is 0.872. The molecule has 0 heterocycles. The first kappa shape index (κ1) is 15.3. The molecule has 1 saturated carbocycles. The molecule has 1 aliphatic rings. The van der Waals surface area contributed by atoms with Crippen LogP contribution in [0.5, 0.6) is 0 Å². The van der Waals surface area contributed by atoms with Gasteiger partial charge in [-0.2, -0.15) is 0 Å². The molecule has 0 saturated heterocycles. The zero-order valence-corrected chi connectivity index (χ0v) is 13.4. The fourth-order valence-corrected chi connectivity index (χ4v) is 3.22. The minimum Gasteiger partial charge on any atom is -0.347 e. The highest BCUT2D eigenvalue weighted by molar-refractivity contribution is 8.13. The number of amides is 1. The summed E-state index contributed by atoms with van der Waals surface area (Å²) in [5.41, 5.74) is 1.70. The lowest BCUT2D eigenvalue weighted by Gasteiger charge is -2.39. The van der Waals surface area contributed by atoms with E-state index in [1.807, 2.05) is 6.92 Å². The number of hydrogen-bond donors (Lipinski definition) is 1. The number of benzene rings is 1. The van der Waals surface area contributed by atoms with Crippen molar-refractivity contribution in [2.75, 3.05) is 0 Å². The van der Waals surface area contributed by atoms with Crippen molar-refractivity contribution in [3.05, 3.63) is 28.8 Å². The van der Waals surface area contributed by atoms with E-state index in [0.29, 0.717) is 5.56 Å². The van der Waals surface area contributed by atoms with Crippen LogP contribution in [-0.4, -0.2) is 19.9 Å². The minimum absolute atomic E-state index is 0.0359. The third-order valence-electron chi connectivity index (χ3n) is 4.04. The summed E-state index contributed by atoms with van der Waals surface area (Å²) in [6, 6.07) is 2.83. The van der Waals surface area contributed by atoms with Crippen molar-refractivity contribution in [3.63, 3.8) is 0 Å². The first-order valence-corrected chi connectivity index (χ1v) is 8.82. The summed E-state index contributed by atoms with van der Waals surface area (Å²) < 4.78 is 22.9. The van der Waals surface area contributed by atoms with Gasteiger partial charge in [-0.25, -0.2) is 8.42 Å². The molecular weight excluding hydrogens is 298 g/mol. The van der Waals surface area contributed by atoms with Crippen molar-refractivity contribution in [1.29, 1.82) is 0 Å². The van der Waals surface area contributed by atoms with E-state index >= 15 is 0 Å². The summed E-state index contributed by atoms with van der Waals surface area (Å²) in [4.78, 5) is 12.3. The monoisotopic (exact) mass is 315 g/mol. The molecule has 0 radical (unpaired) electrons. The Hall–Kier alpha value is -1.07. The van der Waals surface area contributed by atoms with Crippen LogP contribution in [0.2, 0.25) is 0 Å². The largest absolute Gasteiger partial charge is 0.347 e. The molecule has 1 amide bonds. The first-order chi connectivity index (χ1) is 9.12. The molecule has 0 aromatic heterocycles. The van der Waals surface area contributed by atoms with Gasteiger partial charge in [-0.3, -0.25) is 4.79 Å². The highest BCUT2D eigenvalue weighted by Crippen LogP contribution is 2.32. The van der Waals surface area contributed by atoms with Gasteiger partial charge in [0.15, 0.2) is 0 Å². The van der Waals surface area contributed by atoms with Crippen molar-refractivity contribution >= 4 is 25.6 Å². The van der Waals surface area contributed by atoms with Crippen LogP contribution in [0.1, 0.15) is 47.7 Å². The molecule has 1 fully saturated rings. The fraction of sp³-hybridized carbons (Fsp3) is 0.500.